The van der Waals surface area contributed by atoms with Crippen molar-refractivity contribution in [3.63, 3.8) is 0 Å². The van der Waals surface area contributed by atoms with Crippen LogP contribution in [0.4, 0.5) is 5.69 Å². The van der Waals surface area contributed by atoms with E-state index in [-0.39, 0.29) is 25.8 Å². The quantitative estimate of drug-likeness (QED) is 0.497. The Kier molecular flexibility index (Phi) is 3.79. The smallest absolute Gasteiger partial charge is 0.288 e. The number of halogens is 2. The first-order valence-electron chi connectivity index (χ1n) is 4.81. The number of nitrogens with one attached hydrogen (secondary N) is 2. The minimum atomic E-state index is -0.634. The molecule has 1 aliphatic heterocycles. The third-order valence-corrected chi connectivity index (χ3v) is 3.67. The van der Waals surface area contributed by atoms with E-state index >= 15 is 0 Å². The van der Waals surface area contributed by atoms with Gasteiger partial charge in [-0.1, -0.05) is 23.2 Å². The summed E-state index contributed by atoms with van der Waals surface area (Å²) in [6.07, 6.45) is 1.38. The maximum absolute atomic E-state index is 11.4. The van der Waals surface area contributed by atoms with Crippen molar-refractivity contribution in [1.82, 2.24) is 5.32 Å². The molecule has 19 heavy (non-hydrogen) atoms. The molecule has 0 aromatic heterocycles. The molecule has 1 fully saturated rings. The largest absolute Gasteiger partial charge is 0.301 e. The molecule has 2 N–H and O–H groups in total. The highest BCUT2D eigenvalue weighted by Gasteiger charge is 2.23. The average Bonchev–Trinajstić information content (AvgIpc) is 2.60. The van der Waals surface area contributed by atoms with Crippen molar-refractivity contribution in [3.8, 4) is 0 Å². The summed E-state index contributed by atoms with van der Waals surface area (Å²) in [7, 11) is 0. The number of amides is 1. The van der Waals surface area contributed by atoms with Gasteiger partial charge >= 0.3 is 0 Å². The Morgan fingerprint density at radius 3 is 2.58 bits per heavy atom. The van der Waals surface area contributed by atoms with Crippen molar-refractivity contribution < 1.29 is 9.72 Å². The fraction of sp³-hybridized carbons (Fsp3) is 0. The fourth-order valence-corrected chi connectivity index (χ4v) is 2.59. The van der Waals surface area contributed by atoms with E-state index in [0.717, 1.165) is 11.8 Å². The molecule has 1 heterocycles. The summed E-state index contributed by atoms with van der Waals surface area (Å²) in [5.41, 5.74) is 0.00140. The molecule has 1 aliphatic rings. The van der Waals surface area contributed by atoms with E-state index in [1.807, 2.05) is 0 Å². The summed E-state index contributed by atoms with van der Waals surface area (Å²) >= 11 is 12.5. The summed E-state index contributed by atoms with van der Waals surface area (Å²) in [4.78, 5) is 21.8. The van der Waals surface area contributed by atoms with Crippen LogP contribution in [0.1, 0.15) is 5.56 Å². The van der Waals surface area contributed by atoms with Crippen LogP contribution in [0, 0.1) is 15.5 Å². The van der Waals surface area contributed by atoms with Crippen molar-refractivity contribution in [2.45, 2.75) is 0 Å². The maximum atomic E-state index is 11.4. The molecule has 0 bridgehead atoms. The molecule has 98 valence electrons. The number of nitro groups is 1. The third-order valence-electron chi connectivity index (χ3n) is 2.21. The number of carbonyl (C=O) groups is 1. The lowest BCUT2D eigenvalue weighted by molar-refractivity contribution is -0.384. The second kappa shape index (κ2) is 5.20. The van der Waals surface area contributed by atoms with E-state index in [9.17, 15) is 14.9 Å². The van der Waals surface area contributed by atoms with E-state index in [1.165, 1.54) is 18.2 Å². The van der Waals surface area contributed by atoms with Crippen molar-refractivity contribution in [2.75, 3.05) is 0 Å². The van der Waals surface area contributed by atoms with Crippen molar-refractivity contribution >= 4 is 57.8 Å². The van der Waals surface area contributed by atoms with E-state index in [1.54, 1.807) is 0 Å². The molecule has 0 aliphatic carbocycles. The molecule has 0 spiro atoms. The third kappa shape index (κ3) is 2.89. The molecule has 1 aromatic carbocycles. The zero-order valence-corrected chi connectivity index (χ0v) is 11.4. The lowest BCUT2D eigenvalue weighted by atomic mass is 10.2. The predicted octanol–water partition coefficient (Wildman–Crippen LogP) is 3.04. The number of carbonyl (C=O) groups excluding carboxylic acids is 1. The van der Waals surface area contributed by atoms with Gasteiger partial charge in [0, 0.05) is 16.7 Å². The molecule has 1 amide bonds. The lowest BCUT2D eigenvalue weighted by Gasteiger charge is -2.01. The normalized spacial score (nSPS) is 16.8. The number of amidine groups is 1. The molecule has 0 atom stereocenters. The average molecular weight is 318 g/mol. The first-order chi connectivity index (χ1) is 8.88. The Labute approximate surface area is 121 Å². The highest BCUT2D eigenvalue weighted by atomic mass is 35.5. The van der Waals surface area contributed by atoms with Gasteiger partial charge in [-0.05, 0) is 23.9 Å². The second-order valence-electron chi connectivity index (χ2n) is 3.48. The van der Waals surface area contributed by atoms with Gasteiger partial charge in [-0.2, -0.15) is 0 Å². The van der Waals surface area contributed by atoms with E-state index in [4.69, 9.17) is 28.6 Å². The van der Waals surface area contributed by atoms with Gasteiger partial charge in [0.1, 0.15) is 5.02 Å². The molecular formula is C10H5Cl2N3O3S. The molecule has 9 heteroatoms. The SMILES string of the molecule is N=C1NC(=O)C(=Cc2cc([N+](=O)[O-])c(Cl)cc2Cl)S1. The van der Waals surface area contributed by atoms with Gasteiger partial charge in [0.05, 0.1) is 9.83 Å². The molecule has 0 saturated carbocycles. The van der Waals surface area contributed by atoms with Gasteiger partial charge in [0.25, 0.3) is 11.6 Å². The van der Waals surface area contributed by atoms with Crippen molar-refractivity contribution in [3.05, 3.63) is 42.8 Å². The standard InChI is InChI=1S/C10H5Cl2N3O3S/c11-5-3-6(12)7(15(17)18)1-4(5)2-8-9(16)14-10(13)19-8/h1-3H,(H2,13,14,16). The molecule has 0 radical (unpaired) electrons. The zero-order valence-electron chi connectivity index (χ0n) is 9.07. The van der Waals surface area contributed by atoms with Gasteiger partial charge in [0.2, 0.25) is 0 Å². The number of nitro benzene ring substituents is 1. The number of hydrogen-bond donors (Lipinski definition) is 2. The van der Waals surface area contributed by atoms with Gasteiger partial charge in [-0.15, -0.1) is 0 Å². The molecule has 1 aromatic rings. The topological polar surface area (TPSA) is 96.1 Å². The monoisotopic (exact) mass is 317 g/mol. The maximum Gasteiger partial charge on any atom is 0.288 e. The number of benzene rings is 1. The Bertz CT molecular complexity index is 645. The van der Waals surface area contributed by atoms with Crippen LogP contribution in [0.15, 0.2) is 17.0 Å². The van der Waals surface area contributed by atoms with E-state index in [2.05, 4.69) is 5.32 Å². The van der Waals surface area contributed by atoms with Crippen LogP contribution in [-0.2, 0) is 4.79 Å². The minimum Gasteiger partial charge on any atom is -0.301 e. The number of thioether (sulfide) groups is 1. The summed E-state index contributed by atoms with van der Waals surface area (Å²) in [6, 6.07) is 2.43. The zero-order chi connectivity index (χ0) is 14.2. The van der Waals surface area contributed by atoms with Crippen LogP contribution in [0.5, 0.6) is 0 Å². The number of rotatable bonds is 2. The Morgan fingerprint density at radius 2 is 2.05 bits per heavy atom. The van der Waals surface area contributed by atoms with Crippen molar-refractivity contribution in [1.29, 1.82) is 5.41 Å². The number of nitrogens with zero attached hydrogens (tertiary/aromatic N) is 1. The second-order valence-corrected chi connectivity index (χ2v) is 5.34. The van der Waals surface area contributed by atoms with Crippen LogP contribution < -0.4 is 5.32 Å². The molecule has 6 nitrogen and oxygen atoms in total. The number of hydrogen-bond acceptors (Lipinski definition) is 5. The van der Waals surface area contributed by atoms with Crippen LogP contribution in [0.25, 0.3) is 6.08 Å². The highest BCUT2D eigenvalue weighted by Crippen LogP contribution is 2.34. The summed E-state index contributed by atoms with van der Waals surface area (Å²) < 4.78 is 0. The summed E-state index contributed by atoms with van der Waals surface area (Å²) in [6.45, 7) is 0. The lowest BCUT2D eigenvalue weighted by Crippen LogP contribution is -2.18. The van der Waals surface area contributed by atoms with Crippen LogP contribution >= 0.6 is 35.0 Å². The van der Waals surface area contributed by atoms with E-state index in [0.29, 0.717) is 5.56 Å². The van der Waals surface area contributed by atoms with E-state index < -0.39 is 10.8 Å². The molecular weight excluding hydrogens is 313 g/mol. The van der Waals surface area contributed by atoms with Gasteiger partial charge in [0.15, 0.2) is 5.17 Å². The van der Waals surface area contributed by atoms with Crippen LogP contribution in [-0.4, -0.2) is 16.0 Å². The van der Waals surface area contributed by atoms with Crippen LogP contribution in [0.2, 0.25) is 10.0 Å². The van der Waals surface area contributed by atoms with Crippen LogP contribution in [0.3, 0.4) is 0 Å². The molecule has 0 unspecified atom stereocenters. The predicted molar refractivity (Wildman–Crippen MR) is 74.6 cm³/mol. The Balaban J connectivity index is 2.49. The summed E-state index contributed by atoms with van der Waals surface area (Å²) in [5, 5.41) is 20.5. The minimum absolute atomic E-state index is 0.00386. The first kappa shape index (κ1) is 13.9. The highest BCUT2D eigenvalue weighted by molar-refractivity contribution is 8.18. The van der Waals surface area contributed by atoms with Crippen molar-refractivity contribution in [2.24, 2.45) is 0 Å². The van der Waals surface area contributed by atoms with Gasteiger partial charge < -0.3 is 5.32 Å². The van der Waals surface area contributed by atoms with Gasteiger partial charge in [-0.25, -0.2) is 0 Å². The van der Waals surface area contributed by atoms with Gasteiger partial charge in [-0.3, -0.25) is 20.3 Å². The molecule has 2 rings (SSSR count). The Morgan fingerprint density at radius 1 is 1.37 bits per heavy atom. The first-order valence-corrected chi connectivity index (χ1v) is 6.38. The summed E-state index contributed by atoms with van der Waals surface area (Å²) in [5.74, 6) is -0.441. The molecule has 1 saturated heterocycles. The Hall–Kier alpha value is -1.57. The fourth-order valence-electron chi connectivity index (χ4n) is 1.39.